The molecule has 3 heteroatoms. The number of likely N-dealkylation sites (tertiary alicyclic amines) is 1. The van der Waals surface area contributed by atoms with Crippen LogP contribution in [-0.2, 0) is 11.2 Å². The molecule has 0 radical (unpaired) electrons. The lowest BCUT2D eigenvalue weighted by molar-refractivity contribution is -0.132. The normalized spacial score (nSPS) is 20.4. The number of hydrogen-bond donors (Lipinski definition) is 1. The molecule has 1 amide bonds. The lowest BCUT2D eigenvalue weighted by Gasteiger charge is -2.22. The van der Waals surface area contributed by atoms with E-state index in [1.54, 1.807) is 0 Å². The minimum Gasteiger partial charge on any atom is -0.341 e. The fourth-order valence-electron chi connectivity index (χ4n) is 2.99. The summed E-state index contributed by atoms with van der Waals surface area (Å²) in [6.07, 6.45) is 2.93. The zero-order chi connectivity index (χ0) is 14.5. The monoisotopic (exact) mass is 274 g/mol. The Morgan fingerprint density at radius 3 is 2.70 bits per heavy atom. The quantitative estimate of drug-likeness (QED) is 0.896. The molecule has 0 aromatic heterocycles. The Hall–Kier alpha value is -1.35. The topological polar surface area (TPSA) is 46.3 Å². The molecule has 1 aliphatic heterocycles. The number of rotatable bonds is 5. The SMILES string of the molecule is CC(C)C[C@H](N)C(=O)N1CC[C@H](Cc2ccccc2)C1. The van der Waals surface area contributed by atoms with Gasteiger partial charge in [-0.15, -0.1) is 0 Å². The Bertz CT molecular complexity index is 430. The first-order valence-electron chi connectivity index (χ1n) is 7.64. The van der Waals surface area contributed by atoms with Crippen LogP contribution in [0, 0.1) is 11.8 Å². The molecule has 1 heterocycles. The van der Waals surface area contributed by atoms with Crippen LogP contribution in [0.4, 0.5) is 0 Å². The Kier molecular flexibility index (Phi) is 5.18. The standard InChI is InChI=1S/C17H26N2O/c1-13(2)10-16(18)17(20)19-9-8-15(12-19)11-14-6-4-3-5-7-14/h3-7,13,15-16H,8-12,18H2,1-2H3/t15-,16+/m1/s1. The minimum absolute atomic E-state index is 0.134. The highest BCUT2D eigenvalue weighted by atomic mass is 16.2. The molecule has 2 atom stereocenters. The Balaban J connectivity index is 1.84. The fraction of sp³-hybridized carbons (Fsp3) is 0.588. The van der Waals surface area contributed by atoms with Crippen molar-refractivity contribution in [1.82, 2.24) is 4.90 Å². The van der Waals surface area contributed by atoms with Crippen LogP contribution in [0.15, 0.2) is 30.3 Å². The smallest absolute Gasteiger partial charge is 0.239 e. The number of carbonyl (C=O) groups excluding carboxylic acids is 1. The molecule has 1 aliphatic rings. The van der Waals surface area contributed by atoms with Crippen molar-refractivity contribution >= 4 is 5.91 Å². The summed E-state index contributed by atoms with van der Waals surface area (Å²) < 4.78 is 0. The van der Waals surface area contributed by atoms with Crippen molar-refractivity contribution in [1.29, 1.82) is 0 Å². The molecule has 110 valence electrons. The number of amides is 1. The van der Waals surface area contributed by atoms with Crippen LogP contribution in [0.3, 0.4) is 0 Å². The van der Waals surface area contributed by atoms with Gasteiger partial charge in [-0.2, -0.15) is 0 Å². The Morgan fingerprint density at radius 1 is 1.35 bits per heavy atom. The first-order chi connectivity index (χ1) is 9.56. The Labute approximate surface area is 122 Å². The minimum atomic E-state index is -0.328. The van der Waals surface area contributed by atoms with Gasteiger partial charge in [-0.3, -0.25) is 4.79 Å². The van der Waals surface area contributed by atoms with E-state index in [-0.39, 0.29) is 11.9 Å². The van der Waals surface area contributed by atoms with Gasteiger partial charge in [-0.1, -0.05) is 44.2 Å². The molecule has 1 aromatic carbocycles. The van der Waals surface area contributed by atoms with E-state index >= 15 is 0 Å². The Morgan fingerprint density at radius 2 is 2.05 bits per heavy atom. The third-order valence-electron chi connectivity index (χ3n) is 4.01. The molecule has 0 bridgehead atoms. The predicted molar refractivity (Wildman–Crippen MR) is 82.3 cm³/mol. The second-order valence-corrected chi connectivity index (χ2v) is 6.36. The lowest BCUT2D eigenvalue weighted by atomic mass is 9.99. The molecule has 0 aliphatic carbocycles. The van der Waals surface area contributed by atoms with E-state index in [1.807, 2.05) is 11.0 Å². The van der Waals surface area contributed by atoms with E-state index in [4.69, 9.17) is 5.73 Å². The van der Waals surface area contributed by atoms with Crippen molar-refractivity contribution in [2.24, 2.45) is 17.6 Å². The summed E-state index contributed by atoms with van der Waals surface area (Å²) in [6, 6.07) is 10.2. The van der Waals surface area contributed by atoms with Crippen LogP contribution in [0.25, 0.3) is 0 Å². The largest absolute Gasteiger partial charge is 0.341 e. The molecule has 1 saturated heterocycles. The summed E-state index contributed by atoms with van der Waals surface area (Å²) in [5.41, 5.74) is 7.36. The summed E-state index contributed by atoms with van der Waals surface area (Å²) in [5, 5.41) is 0. The molecular weight excluding hydrogens is 248 g/mol. The molecule has 1 aromatic rings. The van der Waals surface area contributed by atoms with Crippen molar-refractivity contribution in [3.8, 4) is 0 Å². The fourth-order valence-corrected chi connectivity index (χ4v) is 2.99. The average molecular weight is 274 g/mol. The zero-order valence-electron chi connectivity index (χ0n) is 12.6. The lowest BCUT2D eigenvalue weighted by Crippen LogP contribution is -2.43. The van der Waals surface area contributed by atoms with Crippen LogP contribution >= 0.6 is 0 Å². The second kappa shape index (κ2) is 6.89. The van der Waals surface area contributed by atoms with Gasteiger partial charge in [-0.25, -0.2) is 0 Å². The van der Waals surface area contributed by atoms with E-state index in [0.717, 1.165) is 32.4 Å². The maximum atomic E-state index is 12.3. The number of benzene rings is 1. The highest BCUT2D eigenvalue weighted by Gasteiger charge is 2.29. The summed E-state index contributed by atoms with van der Waals surface area (Å²) in [7, 11) is 0. The van der Waals surface area contributed by atoms with Crippen molar-refractivity contribution in [2.75, 3.05) is 13.1 Å². The summed E-state index contributed by atoms with van der Waals surface area (Å²) in [5.74, 6) is 1.18. The van der Waals surface area contributed by atoms with Crippen molar-refractivity contribution < 1.29 is 4.79 Å². The summed E-state index contributed by atoms with van der Waals surface area (Å²) in [4.78, 5) is 14.2. The number of nitrogens with zero attached hydrogens (tertiary/aromatic N) is 1. The first kappa shape index (κ1) is 15.0. The van der Waals surface area contributed by atoms with Crippen molar-refractivity contribution in [2.45, 2.75) is 39.2 Å². The van der Waals surface area contributed by atoms with Gasteiger partial charge in [0.2, 0.25) is 5.91 Å². The maximum absolute atomic E-state index is 12.3. The first-order valence-corrected chi connectivity index (χ1v) is 7.64. The van der Waals surface area contributed by atoms with Gasteiger partial charge >= 0.3 is 0 Å². The molecule has 2 N–H and O–H groups in total. The average Bonchev–Trinajstić information content (AvgIpc) is 2.86. The number of nitrogens with two attached hydrogens (primary N) is 1. The van der Waals surface area contributed by atoms with Crippen molar-refractivity contribution in [3.63, 3.8) is 0 Å². The molecule has 0 unspecified atom stereocenters. The molecule has 20 heavy (non-hydrogen) atoms. The second-order valence-electron chi connectivity index (χ2n) is 6.36. The van der Waals surface area contributed by atoms with Gasteiger partial charge in [0.1, 0.15) is 0 Å². The molecular formula is C17H26N2O. The maximum Gasteiger partial charge on any atom is 0.239 e. The van der Waals surface area contributed by atoms with Crippen LogP contribution in [0.5, 0.6) is 0 Å². The number of hydrogen-bond acceptors (Lipinski definition) is 2. The summed E-state index contributed by atoms with van der Waals surface area (Å²) in [6.45, 7) is 5.94. The summed E-state index contributed by atoms with van der Waals surface area (Å²) >= 11 is 0. The van der Waals surface area contributed by atoms with E-state index in [2.05, 4.69) is 38.1 Å². The highest BCUT2D eigenvalue weighted by molar-refractivity contribution is 5.81. The third kappa shape index (κ3) is 4.07. The van der Waals surface area contributed by atoms with Gasteiger partial charge in [0.15, 0.2) is 0 Å². The zero-order valence-corrected chi connectivity index (χ0v) is 12.6. The van der Waals surface area contributed by atoms with Crippen molar-refractivity contribution in [3.05, 3.63) is 35.9 Å². The molecule has 0 spiro atoms. The van der Waals surface area contributed by atoms with Gasteiger partial charge < -0.3 is 10.6 Å². The van der Waals surface area contributed by atoms with Gasteiger partial charge in [0.05, 0.1) is 6.04 Å². The third-order valence-corrected chi connectivity index (χ3v) is 4.01. The predicted octanol–water partition coefficient (Wildman–Crippen LogP) is 2.45. The highest BCUT2D eigenvalue weighted by Crippen LogP contribution is 2.22. The number of carbonyl (C=O) groups is 1. The van der Waals surface area contributed by atoms with Gasteiger partial charge in [0.25, 0.3) is 0 Å². The van der Waals surface area contributed by atoms with Crippen LogP contribution in [0.2, 0.25) is 0 Å². The van der Waals surface area contributed by atoms with E-state index in [0.29, 0.717) is 11.8 Å². The molecule has 3 nitrogen and oxygen atoms in total. The van der Waals surface area contributed by atoms with Crippen LogP contribution in [0.1, 0.15) is 32.3 Å². The molecule has 0 saturated carbocycles. The van der Waals surface area contributed by atoms with Crippen LogP contribution < -0.4 is 5.73 Å². The molecule has 1 fully saturated rings. The molecule has 2 rings (SSSR count). The van der Waals surface area contributed by atoms with Crippen LogP contribution in [-0.4, -0.2) is 29.9 Å². The van der Waals surface area contributed by atoms with E-state index < -0.39 is 0 Å². The van der Waals surface area contributed by atoms with Gasteiger partial charge in [0, 0.05) is 13.1 Å². The van der Waals surface area contributed by atoms with E-state index in [9.17, 15) is 4.79 Å². The van der Waals surface area contributed by atoms with Gasteiger partial charge in [-0.05, 0) is 36.7 Å². The van der Waals surface area contributed by atoms with E-state index in [1.165, 1.54) is 5.56 Å².